The van der Waals surface area contributed by atoms with Crippen molar-refractivity contribution in [3.05, 3.63) is 91.7 Å². The predicted molar refractivity (Wildman–Crippen MR) is 363 cm³/mol. The van der Waals surface area contributed by atoms with E-state index in [0.29, 0.717) is 62.7 Å². The number of carbonyl (C=O) groups excluding carboxylic acids is 9. The Morgan fingerprint density at radius 1 is 0.505 bits per heavy atom. The standard InChI is InChI=1S/2C21H33N5O4S.C12H15NO3S.C10H19N3O/c2*1-7-10-26(20(28)18(24-25-22)14(6)8-2)16(13(4)5)11-17(27)19-23-15(12-31-19)21(29)30-9-3;1-4-16-12(15)9-7-17-11(13-9)10(14)6-5-8(2)3;1-4-6-7-9(14)10(12-13-11)8(3)5-2/h2*12-14,16,18H,7-11H2,1-6H3;5-8H,4H2,1-3H3;8,10H,4-7H2,1-3H3/b;;6-5+;/t14?,16-,18+;14?,16-,18-;;8?,10-/m10.0/s1. The van der Waals surface area contributed by atoms with Crippen LogP contribution >= 0.6 is 34.0 Å². The molecule has 93 heavy (non-hydrogen) atoms. The fraction of sp³-hybridized carbons (Fsp3) is 0.688. The maximum absolute atomic E-state index is 13.3. The van der Waals surface area contributed by atoms with E-state index in [1.54, 1.807) is 36.6 Å². The van der Waals surface area contributed by atoms with Gasteiger partial charge in [0, 0.05) is 75.3 Å². The summed E-state index contributed by atoms with van der Waals surface area (Å²) in [6, 6.07) is -2.84. The number of allylic oxidation sites excluding steroid dienone is 2. The number of Topliss-reactive ketones (excluding diaryl/α,β-unsaturated/α-hetero) is 3. The van der Waals surface area contributed by atoms with Gasteiger partial charge in [0.2, 0.25) is 17.6 Å². The van der Waals surface area contributed by atoms with Crippen molar-refractivity contribution >= 4 is 86.9 Å². The monoisotopic (exact) mass is 1350 g/mol. The van der Waals surface area contributed by atoms with Crippen molar-refractivity contribution in [3.63, 3.8) is 0 Å². The van der Waals surface area contributed by atoms with E-state index >= 15 is 0 Å². The molecule has 516 valence electrons. The number of ether oxygens (including phenoxy) is 3. The van der Waals surface area contributed by atoms with Gasteiger partial charge in [0.1, 0.15) is 17.9 Å². The third-order valence-corrected chi connectivity index (χ3v) is 17.2. The van der Waals surface area contributed by atoms with Crippen LogP contribution in [0, 0.1) is 35.5 Å². The van der Waals surface area contributed by atoms with Crippen molar-refractivity contribution in [2.24, 2.45) is 50.9 Å². The molecule has 0 aliphatic rings. The number of aromatic nitrogens is 3. The Hall–Kier alpha value is -7.41. The lowest BCUT2D eigenvalue weighted by Gasteiger charge is -2.36. The van der Waals surface area contributed by atoms with Crippen LogP contribution in [-0.4, -0.2) is 141 Å². The smallest absolute Gasteiger partial charge is 0.357 e. The summed E-state index contributed by atoms with van der Waals surface area (Å²) in [5, 5.41) is 16.4. The average Bonchev–Trinajstić information content (AvgIpc) is 1.48. The largest absolute Gasteiger partial charge is 0.461 e. The fourth-order valence-electron chi connectivity index (χ4n) is 8.75. The number of esters is 3. The van der Waals surface area contributed by atoms with Crippen molar-refractivity contribution < 1.29 is 57.4 Å². The van der Waals surface area contributed by atoms with Crippen molar-refractivity contribution in [3.8, 4) is 0 Å². The molecule has 3 unspecified atom stereocenters. The zero-order valence-electron chi connectivity index (χ0n) is 57.7. The highest BCUT2D eigenvalue weighted by Crippen LogP contribution is 2.27. The second kappa shape index (κ2) is 47.5. The third-order valence-electron chi connectivity index (χ3n) is 14.6. The molecule has 0 saturated heterocycles. The highest BCUT2D eigenvalue weighted by atomic mass is 32.1. The lowest BCUT2D eigenvalue weighted by atomic mass is 9.93. The van der Waals surface area contributed by atoms with Crippen LogP contribution in [0.4, 0.5) is 0 Å². The van der Waals surface area contributed by atoms with E-state index in [0.717, 1.165) is 53.3 Å². The Bertz CT molecular complexity index is 2880. The van der Waals surface area contributed by atoms with Crippen LogP contribution in [0.2, 0.25) is 0 Å². The number of amides is 2. The summed E-state index contributed by atoms with van der Waals surface area (Å²) < 4.78 is 14.6. The molecular weight excluding hydrogens is 1250 g/mol. The van der Waals surface area contributed by atoms with Gasteiger partial charge in [-0.3, -0.25) is 28.8 Å². The Kier molecular flexibility index (Phi) is 43.7. The van der Waals surface area contributed by atoms with Crippen LogP contribution in [-0.2, 0) is 28.6 Å². The molecule has 0 aliphatic carbocycles. The van der Waals surface area contributed by atoms with Crippen LogP contribution in [0.15, 0.2) is 43.6 Å². The Morgan fingerprint density at radius 3 is 1.14 bits per heavy atom. The summed E-state index contributed by atoms with van der Waals surface area (Å²) in [4.78, 5) is 135. The molecule has 0 aromatic carbocycles. The summed E-state index contributed by atoms with van der Waals surface area (Å²) in [6.07, 6.45) is 9.49. The number of hydrogen-bond donors (Lipinski definition) is 0. The van der Waals surface area contributed by atoms with Crippen LogP contribution in [0.3, 0.4) is 0 Å². The lowest BCUT2D eigenvalue weighted by Crippen LogP contribution is -2.49. The van der Waals surface area contributed by atoms with Gasteiger partial charge in [-0.15, -0.1) is 34.0 Å². The molecule has 0 saturated carbocycles. The second-order valence-electron chi connectivity index (χ2n) is 22.9. The molecule has 3 rings (SSSR count). The van der Waals surface area contributed by atoms with E-state index < -0.39 is 36.0 Å². The first-order valence-electron chi connectivity index (χ1n) is 32.1. The average molecular weight is 1350 g/mol. The first-order valence-corrected chi connectivity index (χ1v) is 34.7. The van der Waals surface area contributed by atoms with E-state index in [-0.39, 0.29) is 130 Å². The van der Waals surface area contributed by atoms with Crippen LogP contribution in [0.5, 0.6) is 0 Å². The predicted octanol–water partition coefficient (Wildman–Crippen LogP) is 15.9. The number of nitrogens with zero attached hydrogens (tertiary/aromatic N) is 14. The molecule has 0 aliphatic heterocycles. The molecule has 0 fully saturated rings. The molecule has 0 N–H and O–H groups in total. The SMILES string of the molecule is CCCCC(=O)[C@@H](N=[N+]=[N-])C(C)CC.CCCN(C(=O)[C@@H](N=[N+]=[N-])C(C)CC)[C@@H](CC(=O)c1nc(C(=O)OCC)cs1)C(C)C.CCCN(C(=O)[C@@H](N=[N+]=[N-])C(C)CC)[C@H](CC(=O)c1nc(C(=O)OCC)cs1)C(C)C.CCOC(=O)c1csc(C(=O)/C=C/C(C)C)n1. The molecule has 3 aromatic heterocycles. The van der Waals surface area contributed by atoms with Gasteiger partial charge in [-0.2, -0.15) is 0 Å². The number of carbonyl (C=O) groups is 9. The summed E-state index contributed by atoms with van der Waals surface area (Å²) in [5.74, 6) is -2.49. The Morgan fingerprint density at radius 2 is 0.839 bits per heavy atom. The molecule has 0 spiro atoms. The Balaban J connectivity index is 0.00000128. The van der Waals surface area contributed by atoms with Gasteiger partial charge in [0.05, 0.1) is 25.9 Å². The van der Waals surface area contributed by atoms with Gasteiger partial charge in [-0.05, 0) is 98.2 Å². The quantitative estimate of drug-likeness (QED) is 0.00978. The molecule has 0 radical (unpaired) electrons. The minimum Gasteiger partial charge on any atom is -0.461 e. The number of unbranched alkanes of at least 4 members (excludes halogenated alkanes) is 1. The van der Waals surface area contributed by atoms with Gasteiger partial charge in [0.25, 0.3) is 0 Å². The fourth-order valence-corrected chi connectivity index (χ4v) is 10.9. The minimum atomic E-state index is -0.812. The van der Waals surface area contributed by atoms with Gasteiger partial charge < -0.3 is 24.0 Å². The molecule has 0 bridgehead atoms. The van der Waals surface area contributed by atoms with Gasteiger partial charge in [-0.25, -0.2) is 29.3 Å². The molecule has 2 amide bonds. The minimum absolute atomic E-state index is 0.00686. The van der Waals surface area contributed by atoms with Gasteiger partial charge >= 0.3 is 17.9 Å². The number of thiazole rings is 3. The van der Waals surface area contributed by atoms with E-state index in [9.17, 15) is 43.2 Å². The third kappa shape index (κ3) is 30.0. The maximum atomic E-state index is 13.3. The lowest BCUT2D eigenvalue weighted by molar-refractivity contribution is -0.137. The molecule has 3 aromatic rings. The van der Waals surface area contributed by atoms with Gasteiger partial charge in [-0.1, -0.05) is 151 Å². The number of azide groups is 3. The van der Waals surface area contributed by atoms with E-state index in [4.69, 9.17) is 30.8 Å². The topological polar surface area (TPSA) is 373 Å². The summed E-state index contributed by atoms with van der Waals surface area (Å²) >= 11 is 3.33. The highest BCUT2D eigenvalue weighted by Gasteiger charge is 2.37. The van der Waals surface area contributed by atoms with Crippen LogP contribution in [0.25, 0.3) is 31.3 Å². The van der Waals surface area contributed by atoms with E-state index in [2.05, 4.69) is 45.0 Å². The number of ketones is 4. The summed E-state index contributed by atoms with van der Waals surface area (Å²) in [6.45, 7) is 36.1. The normalized spacial score (nSPS) is 13.3. The molecule has 8 atom stereocenters. The zero-order valence-corrected chi connectivity index (χ0v) is 60.2. The van der Waals surface area contributed by atoms with Crippen molar-refractivity contribution in [2.45, 2.75) is 219 Å². The maximum Gasteiger partial charge on any atom is 0.357 e. The Labute approximate surface area is 560 Å². The van der Waals surface area contributed by atoms with Crippen molar-refractivity contribution in [1.82, 2.24) is 24.8 Å². The molecular formula is C64H100N14O12S3. The van der Waals surface area contributed by atoms with Crippen molar-refractivity contribution in [1.29, 1.82) is 0 Å². The van der Waals surface area contributed by atoms with Gasteiger partial charge in [0.15, 0.2) is 43.7 Å². The van der Waals surface area contributed by atoms with E-state index in [1.807, 2.05) is 104 Å². The van der Waals surface area contributed by atoms with Crippen LogP contribution < -0.4 is 0 Å². The zero-order chi connectivity index (χ0) is 70.9. The molecule has 29 heteroatoms. The first-order chi connectivity index (χ1) is 44.1. The van der Waals surface area contributed by atoms with E-state index in [1.165, 1.54) is 22.2 Å². The second-order valence-corrected chi connectivity index (χ2v) is 25.4. The molecule has 3 heterocycles. The van der Waals surface area contributed by atoms with Crippen LogP contribution in [0.1, 0.15) is 250 Å². The summed E-state index contributed by atoms with van der Waals surface area (Å²) in [5.41, 5.74) is 26.7. The first kappa shape index (κ1) is 85.6. The number of rotatable bonds is 38. The highest BCUT2D eigenvalue weighted by molar-refractivity contribution is 7.12. The summed E-state index contributed by atoms with van der Waals surface area (Å²) in [7, 11) is 0. The van der Waals surface area contributed by atoms with Crippen molar-refractivity contribution in [2.75, 3.05) is 32.9 Å². The number of hydrogen-bond acceptors (Lipinski definition) is 21. The molecule has 26 nitrogen and oxygen atoms in total.